The first kappa shape index (κ1) is 17.0. The van der Waals surface area contributed by atoms with Gasteiger partial charge in [-0.15, -0.1) is 0 Å². The summed E-state index contributed by atoms with van der Waals surface area (Å²) in [5.41, 5.74) is -1.13. The van der Waals surface area contributed by atoms with Crippen molar-refractivity contribution < 1.29 is 13.9 Å². The van der Waals surface area contributed by atoms with Gasteiger partial charge in [-0.1, -0.05) is 20.8 Å². The molecule has 9 heteroatoms. The predicted octanol–water partition coefficient (Wildman–Crippen LogP) is 0.802. The number of hydrogen-bond acceptors (Lipinski definition) is 6. The summed E-state index contributed by atoms with van der Waals surface area (Å²) in [5, 5.41) is 0. The molecule has 0 bridgehead atoms. The van der Waals surface area contributed by atoms with Crippen molar-refractivity contribution in [3.8, 4) is 0 Å². The van der Waals surface area contributed by atoms with Crippen LogP contribution in [0.15, 0.2) is 20.2 Å². The monoisotopic (exact) mass is 348 g/mol. The van der Waals surface area contributed by atoms with Crippen molar-refractivity contribution in [3.05, 3.63) is 32.8 Å². The molecule has 0 amide bonds. The second kappa shape index (κ2) is 5.61. The van der Waals surface area contributed by atoms with Gasteiger partial charge in [0.25, 0.3) is 5.56 Å². The SMILES string of the molecule is CCOC(=O)Cn1c(=O)c2c(nc3oc(C(C)(C)C)cn32)n(C)c1=O. The summed E-state index contributed by atoms with van der Waals surface area (Å²) in [5.74, 6) is 0.229. The highest BCUT2D eigenvalue weighted by molar-refractivity contribution is 5.75. The second-order valence-electron chi connectivity index (χ2n) is 6.82. The van der Waals surface area contributed by atoms with Gasteiger partial charge in [-0.2, -0.15) is 4.98 Å². The number of rotatable bonds is 3. The minimum atomic E-state index is -0.649. The number of ether oxygens (including phenoxy) is 1. The van der Waals surface area contributed by atoms with E-state index in [-0.39, 0.29) is 29.0 Å². The number of nitrogens with zero attached hydrogens (tertiary/aromatic N) is 4. The van der Waals surface area contributed by atoms with Crippen molar-refractivity contribution in [2.45, 2.75) is 39.7 Å². The average molecular weight is 348 g/mol. The summed E-state index contributed by atoms with van der Waals surface area (Å²) in [7, 11) is 1.49. The maximum absolute atomic E-state index is 12.8. The fraction of sp³-hybridized carbons (Fsp3) is 0.500. The number of carbonyl (C=O) groups is 1. The Labute approximate surface area is 142 Å². The summed E-state index contributed by atoms with van der Waals surface area (Å²) in [4.78, 5) is 41.2. The van der Waals surface area contributed by atoms with Gasteiger partial charge in [-0.3, -0.25) is 18.6 Å². The van der Waals surface area contributed by atoms with Crippen LogP contribution >= 0.6 is 0 Å². The number of aromatic nitrogens is 4. The third-order valence-corrected chi connectivity index (χ3v) is 3.92. The van der Waals surface area contributed by atoms with Crippen LogP contribution in [0.3, 0.4) is 0 Å². The largest absolute Gasteiger partial charge is 0.465 e. The van der Waals surface area contributed by atoms with Gasteiger partial charge in [0.05, 0.1) is 12.8 Å². The van der Waals surface area contributed by atoms with E-state index in [4.69, 9.17) is 9.15 Å². The molecule has 0 saturated heterocycles. The summed E-state index contributed by atoms with van der Waals surface area (Å²) >= 11 is 0. The summed E-state index contributed by atoms with van der Waals surface area (Å²) in [6.07, 6.45) is 1.69. The number of fused-ring (bicyclic) bond motifs is 3. The number of oxazole rings is 1. The first-order chi connectivity index (χ1) is 11.6. The molecule has 0 fully saturated rings. The molecule has 0 radical (unpaired) electrons. The molecule has 9 nitrogen and oxygen atoms in total. The molecule has 0 N–H and O–H groups in total. The fourth-order valence-electron chi connectivity index (χ4n) is 2.58. The number of hydrogen-bond donors (Lipinski definition) is 0. The molecule has 3 heterocycles. The minimum Gasteiger partial charge on any atom is -0.465 e. The van der Waals surface area contributed by atoms with Crippen LogP contribution in [-0.2, 0) is 28.5 Å². The van der Waals surface area contributed by atoms with Gasteiger partial charge >= 0.3 is 17.5 Å². The molecule has 0 atom stereocenters. The molecule has 134 valence electrons. The van der Waals surface area contributed by atoms with Crippen LogP contribution in [-0.4, -0.2) is 31.1 Å². The van der Waals surface area contributed by atoms with Crippen LogP contribution in [0.2, 0.25) is 0 Å². The Morgan fingerprint density at radius 3 is 2.60 bits per heavy atom. The molecular weight excluding hydrogens is 328 g/mol. The van der Waals surface area contributed by atoms with E-state index in [9.17, 15) is 14.4 Å². The third-order valence-electron chi connectivity index (χ3n) is 3.92. The maximum Gasteiger partial charge on any atom is 0.333 e. The van der Waals surface area contributed by atoms with E-state index in [0.717, 1.165) is 4.57 Å². The third kappa shape index (κ3) is 2.65. The van der Waals surface area contributed by atoms with E-state index >= 15 is 0 Å². The molecule has 3 aromatic rings. The van der Waals surface area contributed by atoms with Crippen LogP contribution in [0.5, 0.6) is 0 Å². The van der Waals surface area contributed by atoms with Crippen LogP contribution in [0.4, 0.5) is 0 Å². The Hall–Kier alpha value is -2.84. The first-order valence-corrected chi connectivity index (χ1v) is 7.92. The van der Waals surface area contributed by atoms with E-state index in [1.807, 2.05) is 20.8 Å². The fourth-order valence-corrected chi connectivity index (χ4v) is 2.58. The zero-order valence-electron chi connectivity index (χ0n) is 14.8. The van der Waals surface area contributed by atoms with Gasteiger partial charge in [0.15, 0.2) is 11.2 Å². The van der Waals surface area contributed by atoms with Crippen LogP contribution in [0, 0.1) is 0 Å². The van der Waals surface area contributed by atoms with Crippen molar-refractivity contribution in [2.24, 2.45) is 7.05 Å². The Balaban J connectivity index is 2.30. The van der Waals surface area contributed by atoms with Crippen molar-refractivity contribution in [3.63, 3.8) is 0 Å². The minimum absolute atomic E-state index is 0.170. The van der Waals surface area contributed by atoms with Crippen LogP contribution in [0.1, 0.15) is 33.5 Å². The molecule has 0 aromatic carbocycles. The topological polar surface area (TPSA) is 101 Å². The van der Waals surface area contributed by atoms with Crippen molar-refractivity contribution in [2.75, 3.05) is 6.61 Å². The highest BCUT2D eigenvalue weighted by Gasteiger charge is 2.24. The summed E-state index contributed by atoms with van der Waals surface area (Å²) in [6.45, 7) is 7.30. The van der Waals surface area contributed by atoms with Crippen LogP contribution < -0.4 is 11.2 Å². The van der Waals surface area contributed by atoms with Gasteiger partial charge in [-0.25, -0.2) is 9.36 Å². The zero-order valence-corrected chi connectivity index (χ0v) is 14.8. The summed E-state index contributed by atoms with van der Waals surface area (Å²) < 4.78 is 14.1. The number of carbonyl (C=O) groups excluding carboxylic acids is 1. The lowest BCUT2D eigenvalue weighted by Gasteiger charge is -2.13. The number of aryl methyl sites for hydroxylation is 1. The molecule has 0 unspecified atom stereocenters. The molecule has 3 rings (SSSR count). The molecule has 25 heavy (non-hydrogen) atoms. The molecule has 0 spiro atoms. The molecule has 3 aromatic heterocycles. The lowest BCUT2D eigenvalue weighted by atomic mass is 9.94. The van der Waals surface area contributed by atoms with Gasteiger partial charge in [0.2, 0.25) is 0 Å². The van der Waals surface area contributed by atoms with E-state index in [0.29, 0.717) is 5.76 Å². The number of imidazole rings is 1. The van der Waals surface area contributed by atoms with E-state index in [2.05, 4.69) is 4.98 Å². The standard InChI is InChI=1S/C16H20N4O5/c1-6-24-10(21)8-20-13(22)11-12(18(5)15(20)23)17-14-19(11)7-9(25-14)16(2,3)4/h7H,6,8H2,1-5H3. The lowest BCUT2D eigenvalue weighted by molar-refractivity contribution is -0.143. The Kier molecular flexibility index (Phi) is 3.81. The smallest absolute Gasteiger partial charge is 0.333 e. The Morgan fingerprint density at radius 1 is 1.32 bits per heavy atom. The normalized spacial score (nSPS) is 12.2. The van der Waals surface area contributed by atoms with Crippen molar-refractivity contribution >= 4 is 23.0 Å². The van der Waals surface area contributed by atoms with Crippen molar-refractivity contribution in [1.82, 2.24) is 18.5 Å². The highest BCUT2D eigenvalue weighted by Crippen LogP contribution is 2.26. The summed E-state index contributed by atoms with van der Waals surface area (Å²) in [6, 6.07) is 0. The predicted molar refractivity (Wildman–Crippen MR) is 89.8 cm³/mol. The van der Waals surface area contributed by atoms with E-state index in [1.165, 1.54) is 16.0 Å². The van der Waals surface area contributed by atoms with Gasteiger partial charge in [0, 0.05) is 12.5 Å². The van der Waals surface area contributed by atoms with Gasteiger partial charge < -0.3 is 9.15 Å². The van der Waals surface area contributed by atoms with Gasteiger partial charge in [0.1, 0.15) is 12.3 Å². The lowest BCUT2D eigenvalue weighted by Crippen LogP contribution is -2.41. The van der Waals surface area contributed by atoms with E-state index in [1.54, 1.807) is 13.1 Å². The quantitative estimate of drug-likeness (QED) is 0.649. The van der Waals surface area contributed by atoms with Crippen molar-refractivity contribution in [1.29, 1.82) is 0 Å². The average Bonchev–Trinajstić information content (AvgIpc) is 3.07. The molecule has 0 saturated carbocycles. The molecule has 0 aliphatic heterocycles. The second-order valence-corrected chi connectivity index (χ2v) is 6.82. The Morgan fingerprint density at radius 2 is 2.00 bits per heavy atom. The first-order valence-electron chi connectivity index (χ1n) is 7.92. The zero-order chi connectivity index (χ0) is 18.5. The highest BCUT2D eigenvalue weighted by atomic mass is 16.5. The maximum atomic E-state index is 12.8. The van der Waals surface area contributed by atoms with E-state index < -0.39 is 23.8 Å². The van der Waals surface area contributed by atoms with Gasteiger partial charge in [-0.05, 0) is 6.92 Å². The Bertz CT molecular complexity index is 1090. The molecule has 0 aliphatic carbocycles. The molecule has 0 aliphatic rings. The number of esters is 1. The van der Waals surface area contributed by atoms with Crippen LogP contribution in [0.25, 0.3) is 17.0 Å². The molecular formula is C16H20N4O5.